The number of halogens is 3. The van der Waals surface area contributed by atoms with Crippen LogP contribution >= 0.6 is 0 Å². The molecule has 3 heterocycles. The quantitative estimate of drug-likeness (QED) is 0.770. The highest BCUT2D eigenvalue weighted by molar-refractivity contribution is 5.52. The van der Waals surface area contributed by atoms with E-state index in [0.29, 0.717) is 17.1 Å². The zero-order valence-corrected chi connectivity index (χ0v) is 12.4. The molecule has 3 aromatic heterocycles. The Kier molecular flexibility index (Phi) is 4.36. The van der Waals surface area contributed by atoms with Crippen molar-refractivity contribution in [3.63, 3.8) is 0 Å². The second-order valence-corrected chi connectivity index (χ2v) is 4.74. The van der Waals surface area contributed by atoms with E-state index in [2.05, 4.69) is 30.1 Å². The number of rotatable bonds is 5. The number of hydrogen-bond donors (Lipinski definition) is 1. The largest absolute Gasteiger partial charge is 0.469 e. The first-order chi connectivity index (χ1) is 11.5. The first-order valence-electron chi connectivity index (χ1n) is 6.80. The number of nitrogens with zero attached hydrogens (tertiary/aromatic N) is 5. The maximum atomic E-state index is 13.5. The van der Waals surface area contributed by atoms with Crippen LogP contribution in [0.2, 0.25) is 0 Å². The number of aromatic amines is 1. The van der Waals surface area contributed by atoms with Crippen molar-refractivity contribution in [2.24, 2.45) is 0 Å². The van der Waals surface area contributed by atoms with Gasteiger partial charge in [-0.25, -0.2) is 18.7 Å². The minimum atomic E-state index is -2.72. The molecule has 0 saturated heterocycles. The van der Waals surface area contributed by atoms with Crippen LogP contribution in [0.3, 0.4) is 0 Å². The highest BCUT2D eigenvalue weighted by Gasteiger charge is 2.14. The molecule has 24 heavy (non-hydrogen) atoms. The fourth-order valence-electron chi connectivity index (χ4n) is 1.82. The van der Waals surface area contributed by atoms with Gasteiger partial charge in [0.2, 0.25) is 5.82 Å². The number of aromatic nitrogens is 6. The third-order valence-electron chi connectivity index (χ3n) is 2.98. The summed E-state index contributed by atoms with van der Waals surface area (Å²) in [6.07, 6.45) is -0.283. The SMILES string of the molecule is Cc1ncc(F)c(OCc2ccc(-c3n[nH]c(C(F)F)n3)cn2)n1. The predicted octanol–water partition coefficient (Wildman–Crippen LogP) is 2.62. The molecule has 0 bridgehead atoms. The summed E-state index contributed by atoms with van der Waals surface area (Å²) in [6.45, 7) is 1.60. The Morgan fingerprint density at radius 2 is 2.00 bits per heavy atom. The van der Waals surface area contributed by atoms with Gasteiger partial charge in [-0.1, -0.05) is 0 Å². The lowest BCUT2D eigenvalue weighted by Crippen LogP contribution is -2.03. The molecular weight excluding hydrogens is 325 g/mol. The second-order valence-electron chi connectivity index (χ2n) is 4.74. The molecule has 124 valence electrons. The fourth-order valence-corrected chi connectivity index (χ4v) is 1.82. The molecule has 0 saturated carbocycles. The Morgan fingerprint density at radius 3 is 2.67 bits per heavy atom. The summed E-state index contributed by atoms with van der Waals surface area (Å²) in [6, 6.07) is 3.20. The second kappa shape index (κ2) is 6.60. The molecule has 0 amide bonds. The van der Waals surface area contributed by atoms with Crippen LogP contribution < -0.4 is 4.74 Å². The van der Waals surface area contributed by atoms with Crippen molar-refractivity contribution in [3.05, 3.63) is 47.7 Å². The number of ether oxygens (including phenoxy) is 1. The van der Waals surface area contributed by atoms with Crippen LogP contribution in [-0.2, 0) is 6.61 Å². The first-order valence-corrected chi connectivity index (χ1v) is 6.80. The standard InChI is InChI=1S/C14H11F3N6O/c1-7-18-5-10(15)14(20-7)24-6-9-3-2-8(4-19-9)12-21-13(11(16)17)23-22-12/h2-5,11H,6H2,1H3,(H,21,22,23). The molecule has 0 unspecified atom stereocenters. The minimum Gasteiger partial charge on any atom is -0.469 e. The highest BCUT2D eigenvalue weighted by Crippen LogP contribution is 2.19. The summed E-state index contributed by atoms with van der Waals surface area (Å²) >= 11 is 0. The molecule has 3 rings (SSSR count). The molecule has 10 heteroatoms. The van der Waals surface area contributed by atoms with E-state index in [1.807, 2.05) is 0 Å². The number of alkyl halides is 2. The average molecular weight is 336 g/mol. The molecule has 0 fully saturated rings. The molecule has 0 aliphatic rings. The Hall–Kier alpha value is -3.04. The van der Waals surface area contributed by atoms with Gasteiger partial charge in [0.15, 0.2) is 11.6 Å². The van der Waals surface area contributed by atoms with Crippen LogP contribution in [0, 0.1) is 12.7 Å². The lowest BCUT2D eigenvalue weighted by Gasteiger charge is -2.06. The molecule has 0 spiro atoms. The predicted molar refractivity (Wildman–Crippen MR) is 75.6 cm³/mol. The molecule has 3 aromatic rings. The van der Waals surface area contributed by atoms with E-state index in [1.165, 1.54) is 6.20 Å². The van der Waals surface area contributed by atoms with Gasteiger partial charge in [0, 0.05) is 11.8 Å². The smallest absolute Gasteiger partial charge is 0.296 e. The van der Waals surface area contributed by atoms with Gasteiger partial charge in [-0.15, -0.1) is 0 Å². The third kappa shape index (κ3) is 3.47. The topological polar surface area (TPSA) is 89.5 Å². The van der Waals surface area contributed by atoms with Crippen LogP contribution in [0.4, 0.5) is 13.2 Å². The van der Waals surface area contributed by atoms with Gasteiger partial charge in [-0.05, 0) is 19.1 Å². The molecule has 0 atom stereocenters. The molecule has 0 aliphatic carbocycles. The summed E-state index contributed by atoms with van der Waals surface area (Å²) in [5.74, 6) is -0.842. The molecule has 7 nitrogen and oxygen atoms in total. The summed E-state index contributed by atoms with van der Waals surface area (Å²) in [4.78, 5) is 15.3. The van der Waals surface area contributed by atoms with Crippen LogP contribution in [0.25, 0.3) is 11.4 Å². The van der Waals surface area contributed by atoms with Crippen molar-refractivity contribution in [2.45, 2.75) is 20.0 Å². The fraction of sp³-hybridized carbons (Fsp3) is 0.214. The van der Waals surface area contributed by atoms with E-state index in [-0.39, 0.29) is 18.3 Å². The van der Waals surface area contributed by atoms with Gasteiger partial charge < -0.3 is 4.74 Å². The van der Waals surface area contributed by atoms with Gasteiger partial charge in [0.25, 0.3) is 12.3 Å². The Labute approximate surface area is 134 Å². The Balaban J connectivity index is 1.69. The number of pyridine rings is 1. The maximum absolute atomic E-state index is 13.5. The first kappa shape index (κ1) is 15.8. The number of H-pyrrole nitrogens is 1. The number of hydrogen-bond acceptors (Lipinski definition) is 6. The Morgan fingerprint density at radius 1 is 1.17 bits per heavy atom. The summed E-state index contributed by atoms with van der Waals surface area (Å²) in [5, 5.41) is 5.86. The van der Waals surface area contributed by atoms with Crippen LogP contribution in [-0.4, -0.2) is 30.1 Å². The van der Waals surface area contributed by atoms with Gasteiger partial charge in [-0.3, -0.25) is 10.1 Å². The average Bonchev–Trinajstić information content (AvgIpc) is 3.06. The summed E-state index contributed by atoms with van der Waals surface area (Å²) in [7, 11) is 0. The van der Waals surface area contributed by atoms with Gasteiger partial charge >= 0.3 is 0 Å². The monoisotopic (exact) mass is 336 g/mol. The lowest BCUT2D eigenvalue weighted by molar-refractivity contribution is 0.141. The normalized spacial score (nSPS) is 11.0. The Bertz CT molecular complexity index is 837. The van der Waals surface area contributed by atoms with Crippen molar-refractivity contribution >= 4 is 0 Å². The number of aryl methyl sites for hydroxylation is 1. The molecule has 1 N–H and O–H groups in total. The summed E-state index contributed by atoms with van der Waals surface area (Å²) < 4.78 is 43.7. The van der Waals surface area contributed by atoms with Gasteiger partial charge in [0.05, 0.1) is 11.9 Å². The van der Waals surface area contributed by atoms with Crippen molar-refractivity contribution in [2.75, 3.05) is 0 Å². The number of nitrogens with one attached hydrogen (secondary N) is 1. The van der Waals surface area contributed by atoms with E-state index >= 15 is 0 Å². The van der Waals surface area contributed by atoms with E-state index in [1.54, 1.807) is 19.1 Å². The van der Waals surface area contributed by atoms with Crippen LogP contribution in [0.15, 0.2) is 24.5 Å². The van der Waals surface area contributed by atoms with Crippen molar-refractivity contribution < 1.29 is 17.9 Å². The summed E-state index contributed by atoms with van der Waals surface area (Å²) in [5.41, 5.74) is 0.963. The molecule has 0 aliphatic heterocycles. The molecule has 0 radical (unpaired) electrons. The van der Waals surface area contributed by atoms with E-state index < -0.39 is 18.1 Å². The maximum Gasteiger partial charge on any atom is 0.296 e. The van der Waals surface area contributed by atoms with E-state index in [9.17, 15) is 13.2 Å². The van der Waals surface area contributed by atoms with E-state index in [0.717, 1.165) is 6.20 Å². The van der Waals surface area contributed by atoms with Crippen molar-refractivity contribution in [3.8, 4) is 17.3 Å². The zero-order chi connectivity index (χ0) is 17.1. The highest BCUT2D eigenvalue weighted by atomic mass is 19.3. The van der Waals surface area contributed by atoms with E-state index in [4.69, 9.17) is 4.74 Å². The molecule has 0 aromatic carbocycles. The lowest BCUT2D eigenvalue weighted by atomic mass is 10.2. The third-order valence-corrected chi connectivity index (χ3v) is 2.98. The molecular formula is C14H11F3N6O. The van der Waals surface area contributed by atoms with Gasteiger partial charge in [-0.2, -0.15) is 14.5 Å². The van der Waals surface area contributed by atoms with Crippen LogP contribution in [0.5, 0.6) is 5.88 Å². The van der Waals surface area contributed by atoms with Crippen molar-refractivity contribution in [1.29, 1.82) is 0 Å². The zero-order valence-electron chi connectivity index (χ0n) is 12.4. The van der Waals surface area contributed by atoms with Gasteiger partial charge in [0.1, 0.15) is 12.4 Å². The minimum absolute atomic E-state index is 0.00999. The van der Waals surface area contributed by atoms with Crippen molar-refractivity contribution in [1.82, 2.24) is 30.1 Å². The van der Waals surface area contributed by atoms with Crippen LogP contribution in [0.1, 0.15) is 23.8 Å².